The van der Waals surface area contributed by atoms with E-state index in [-0.39, 0.29) is 5.91 Å². The molecule has 0 bridgehead atoms. The van der Waals surface area contributed by atoms with E-state index in [1.807, 2.05) is 44.4 Å². The van der Waals surface area contributed by atoms with Crippen molar-refractivity contribution in [1.82, 2.24) is 9.55 Å². The molecule has 2 rings (SSSR count). The Morgan fingerprint density at radius 1 is 1.28 bits per heavy atom. The second kappa shape index (κ2) is 4.94. The van der Waals surface area contributed by atoms with Gasteiger partial charge in [-0.3, -0.25) is 4.79 Å². The van der Waals surface area contributed by atoms with Crippen molar-refractivity contribution in [3.05, 3.63) is 34.1 Å². The van der Waals surface area contributed by atoms with Gasteiger partial charge in [0.2, 0.25) is 5.91 Å². The number of nitrogens with zero attached hydrogens (tertiary/aromatic N) is 2. The Bertz CT molecular complexity index is 544. The lowest BCUT2D eigenvalue weighted by Gasteiger charge is -2.08. The quantitative estimate of drug-likeness (QED) is 0.925. The molecule has 0 spiro atoms. The fourth-order valence-corrected chi connectivity index (χ4v) is 2.61. The van der Waals surface area contributed by atoms with E-state index in [1.165, 1.54) is 11.3 Å². The van der Waals surface area contributed by atoms with Gasteiger partial charge >= 0.3 is 0 Å². The Kier molecular flexibility index (Phi) is 3.52. The highest BCUT2D eigenvalue weighted by Crippen LogP contribution is 2.21. The van der Waals surface area contributed by atoms with Crippen LogP contribution in [0.1, 0.15) is 22.0 Å². The number of aryl methyl sites for hydroxylation is 4. The molecule has 0 saturated carbocycles. The Morgan fingerprint density at radius 2 is 1.89 bits per heavy atom. The number of thiazole rings is 1. The predicted octanol–water partition coefficient (Wildman–Crippen LogP) is 2.82. The lowest BCUT2D eigenvalue weighted by Crippen LogP contribution is -2.20. The number of hydrogen-bond acceptors (Lipinski definition) is 3. The molecule has 0 fully saturated rings. The average molecular weight is 263 g/mol. The summed E-state index contributed by atoms with van der Waals surface area (Å²) in [6.07, 6.45) is 0. The second-order valence-electron chi connectivity index (χ2n) is 4.41. The summed E-state index contributed by atoms with van der Waals surface area (Å²) in [7, 11) is 0. The lowest BCUT2D eigenvalue weighted by atomic mass is 10.4. The molecule has 0 saturated heterocycles. The zero-order valence-corrected chi connectivity index (χ0v) is 11.9. The largest absolute Gasteiger partial charge is 0.340 e. The number of hydrogen-bond donors (Lipinski definition) is 1. The fourth-order valence-electron chi connectivity index (χ4n) is 1.78. The summed E-state index contributed by atoms with van der Waals surface area (Å²) in [5.41, 5.74) is 3.16. The van der Waals surface area contributed by atoms with Gasteiger partial charge in [0, 0.05) is 16.3 Å². The van der Waals surface area contributed by atoms with Crippen molar-refractivity contribution in [2.45, 2.75) is 34.2 Å². The number of anilines is 1. The van der Waals surface area contributed by atoms with Gasteiger partial charge < -0.3 is 9.88 Å². The Morgan fingerprint density at radius 3 is 2.39 bits per heavy atom. The van der Waals surface area contributed by atoms with Crippen LogP contribution in [0.2, 0.25) is 0 Å². The molecular formula is C13H17N3OS. The first-order valence-corrected chi connectivity index (χ1v) is 6.65. The van der Waals surface area contributed by atoms with E-state index >= 15 is 0 Å². The van der Waals surface area contributed by atoms with Crippen LogP contribution in [0, 0.1) is 27.7 Å². The van der Waals surface area contributed by atoms with Crippen LogP contribution in [0.25, 0.3) is 0 Å². The minimum Gasteiger partial charge on any atom is -0.340 e. The molecule has 0 aromatic carbocycles. The minimum absolute atomic E-state index is 0.0360. The van der Waals surface area contributed by atoms with E-state index in [0.29, 0.717) is 11.7 Å². The average Bonchev–Trinajstić information content (AvgIpc) is 2.76. The SMILES string of the molecule is Cc1nc(NC(=O)Cn2c(C)ccc2C)sc1C. The van der Waals surface area contributed by atoms with Crippen molar-refractivity contribution in [1.29, 1.82) is 0 Å². The molecule has 0 radical (unpaired) electrons. The number of carbonyl (C=O) groups excluding carboxylic acids is 1. The third-order valence-electron chi connectivity index (χ3n) is 2.99. The third-order valence-corrected chi connectivity index (χ3v) is 3.98. The number of amides is 1. The molecule has 1 N–H and O–H groups in total. The van der Waals surface area contributed by atoms with Crippen LogP contribution < -0.4 is 5.32 Å². The first kappa shape index (κ1) is 12.8. The molecule has 4 nitrogen and oxygen atoms in total. The number of nitrogens with one attached hydrogen (secondary N) is 1. The first-order valence-electron chi connectivity index (χ1n) is 5.84. The maximum atomic E-state index is 11.9. The van der Waals surface area contributed by atoms with E-state index in [1.54, 1.807) is 0 Å². The van der Waals surface area contributed by atoms with Crippen molar-refractivity contribution < 1.29 is 4.79 Å². The maximum absolute atomic E-state index is 11.9. The van der Waals surface area contributed by atoms with Gasteiger partial charge in [-0.15, -0.1) is 11.3 Å². The highest BCUT2D eigenvalue weighted by atomic mass is 32.1. The highest BCUT2D eigenvalue weighted by Gasteiger charge is 2.10. The number of rotatable bonds is 3. The summed E-state index contributed by atoms with van der Waals surface area (Å²) in [5, 5.41) is 3.52. The standard InChI is InChI=1S/C13H17N3OS/c1-8-5-6-9(2)16(8)7-12(17)15-13-14-10(3)11(4)18-13/h5-6H,7H2,1-4H3,(H,14,15,17). The molecule has 0 aliphatic heterocycles. The summed E-state index contributed by atoms with van der Waals surface area (Å²) in [6, 6.07) is 4.03. The zero-order chi connectivity index (χ0) is 13.3. The Hall–Kier alpha value is -1.62. The van der Waals surface area contributed by atoms with Gasteiger partial charge in [0.05, 0.1) is 5.69 Å². The van der Waals surface area contributed by atoms with E-state index in [9.17, 15) is 4.79 Å². The van der Waals surface area contributed by atoms with Gasteiger partial charge in [0.25, 0.3) is 0 Å². The second-order valence-corrected chi connectivity index (χ2v) is 5.61. The van der Waals surface area contributed by atoms with Gasteiger partial charge in [-0.25, -0.2) is 4.98 Å². The first-order chi connectivity index (χ1) is 8.47. The molecule has 2 aromatic heterocycles. The van der Waals surface area contributed by atoms with Crippen LogP contribution in [-0.4, -0.2) is 15.5 Å². The van der Waals surface area contributed by atoms with Gasteiger partial charge in [0.1, 0.15) is 6.54 Å². The summed E-state index contributed by atoms with van der Waals surface area (Å²) in [4.78, 5) is 17.4. The van der Waals surface area contributed by atoms with Gasteiger partial charge in [-0.1, -0.05) is 0 Å². The van der Waals surface area contributed by atoms with Crippen LogP contribution in [0.15, 0.2) is 12.1 Å². The smallest absolute Gasteiger partial charge is 0.246 e. The van der Waals surface area contributed by atoms with E-state index in [0.717, 1.165) is 22.0 Å². The topological polar surface area (TPSA) is 46.9 Å². The van der Waals surface area contributed by atoms with Crippen LogP contribution in [-0.2, 0) is 11.3 Å². The van der Waals surface area contributed by atoms with Crippen LogP contribution in [0.3, 0.4) is 0 Å². The molecule has 0 atom stereocenters. The summed E-state index contributed by atoms with van der Waals surface area (Å²) < 4.78 is 1.99. The molecule has 5 heteroatoms. The molecule has 2 heterocycles. The van der Waals surface area contributed by atoms with Crippen molar-refractivity contribution >= 4 is 22.4 Å². The van der Waals surface area contributed by atoms with Crippen molar-refractivity contribution in [3.63, 3.8) is 0 Å². The molecule has 18 heavy (non-hydrogen) atoms. The monoisotopic (exact) mass is 263 g/mol. The van der Waals surface area contributed by atoms with Gasteiger partial charge in [-0.05, 0) is 39.8 Å². The Labute approximate surface area is 111 Å². The normalized spacial score (nSPS) is 10.7. The van der Waals surface area contributed by atoms with E-state index < -0.39 is 0 Å². The molecule has 2 aromatic rings. The maximum Gasteiger partial charge on any atom is 0.246 e. The third kappa shape index (κ3) is 2.61. The summed E-state index contributed by atoms with van der Waals surface area (Å²) in [5.74, 6) is -0.0360. The van der Waals surface area contributed by atoms with Gasteiger partial charge in [-0.2, -0.15) is 0 Å². The molecule has 0 unspecified atom stereocenters. The van der Waals surface area contributed by atoms with Crippen molar-refractivity contribution in [2.24, 2.45) is 0 Å². The molecule has 96 valence electrons. The van der Waals surface area contributed by atoms with Crippen LogP contribution in [0.5, 0.6) is 0 Å². The molecule has 1 amide bonds. The Balaban J connectivity index is 2.05. The number of carbonyl (C=O) groups is 1. The molecule has 0 aliphatic rings. The summed E-state index contributed by atoms with van der Waals surface area (Å²) in [6.45, 7) is 8.28. The fraction of sp³-hybridized carbons (Fsp3) is 0.385. The summed E-state index contributed by atoms with van der Waals surface area (Å²) >= 11 is 1.51. The van der Waals surface area contributed by atoms with Gasteiger partial charge in [0.15, 0.2) is 5.13 Å². The van der Waals surface area contributed by atoms with Crippen molar-refractivity contribution in [2.75, 3.05) is 5.32 Å². The number of aromatic nitrogens is 2. The van der Waals surface area contributed by atoms with Crippen LogP contribution in [0.4, 0.5) is 5.13 Å². The lowest BCUT2D eigenvalue weighted by molar-refractivity contribution is -0.116. The van der Waals surface area contributed by atoms with Crippen molar-refractivity contribution in [3.8, 4) is 0 Å². The van der Waals surface area contributed by atoms with E-state index in [2.05, 4.69) is 10.3 Å². The van der Waals surface area contributed by atoms with E-state index in [4.69, 9.17) is 0 Å². The van der Waals surface area contributed by atoms with Crippen LogP contribution >= 0.6 is 11.3 Å². The molecule has 0 aliphatic carbocycles. The zero-order valence-electron chi connectivity index (χ0n) is 11.1. The molecular weight excluding hydrogens is 246 g/mol. The predicted molar refractivity (Wildman–Crippen MR) is 74.1 cm³/mol. The highest BCUT2D eigenvalue weighted by molar-refractivity contribution is 7.15. The minimum atomic E-state index is -0.0360.